The Hall–Kier alpha value is -4.44. The van der Waals surface area contributed by atoms with Crippen molar-refractivity contribution in [3.05, 3.63) is 83.7 Å². The Morgan fingerprint density at radius 2 is 1.97 bits per heavy atom. The fourth-order valence-corrected chi connectivity index (χ4v) is 4.24. The lowest BCUT2D eigenvalue weighted by molar-refractivity contribution is -0.123. The Bertz CT molecular complexity index is 1540. The van der Waals surface area contributed by atoms with E-state index in [0.29, 0.717) is 39.0 Å². The summed E-state index contributed by atoms with van der Waals surface area (Å²) >= 11 is 0. The van der Waals surface area contributed by atoms with Crippen LogP contribution in [0.4, 0.5) is 4.39 Å². The molecular weight excluding hydrogens is 477 g/mol. The van der Waals surface area contributed by atoms with Gasteiger partial charge in [0.2, 0.25) is 5.91 Å². The van der Waals surface area contributed by atoms with Gasteiger partial charge in [-0.2, -0.15) is 0 Å². The number of nitrogens with zero attached hydrogens (tertiary/aromatic N) is 3. The fraction of sp³-hybridized carbons (Fsp3) is 0.222. The number of pyridine rings is 1. The summed E-state index contributed by atoms with van der Waals surface area (Å²) in [5.41, 5.74) is 5.50. The van der Waals surface area contributed by atoms with Crippen molar-refractivity contribution in [1.82, 2.24) is 20.3 Å². The number of benzene rings is 2. The van der Waals surface area contributed by atoms with Crippen LogP contribution >= 0.6 is 0 Å². The van der Waals surface area contributed by atoms with Crippen LogP contribution in [0.1, 0.15) is 35.5 Å². The first kappa shape index (κ1) is 24.3. The van der Waals surface area contributed by atoms with Gasteiger partial charge in [-0.05, 0) is 62.4 Å². The molecule has 9 nitrogen and oxygen atoms in total. The Labute approximate surface area is 211 Å². The minimum absolute atomic E-state index is 0.00154. The molecule has 10 heteroatoms. The molecule has 2 aromatic carbocycles. The average molecular weight is 502 g/mol. The van der Waals surface area contributed by atoms with E-state index in [4.69, 9.17) is 10.5 Å². The number of carbonyl (C=O) groups is 2. The normalized spacial score (nSPS) is 18.1. The molecule has 5 rings (SSSR count). The number of carbonyl (C=O) groups excluding carboxylic acids is 2. The summed E-state index contributed by atoms with van der Waals surface area (Å²) in [6.45, 7) is 2.97. The molecule has 0 saturated heterocycles. The highest BCUT2D eigenvalue weighted by Gasteiger charge is 2.45. The molecule has 0 aliphatic carbocycles. The van der Waals surface area contributed by atoms with E-state index in [1.54, 1.807) is 37.4 Å². The van der Waals surface area contributed by atoms with Gasteiger partial charge >= 0.3 is 0 Å². The van der Waals surface area contributed by atoms with E-state index in [1.165, 1.54) is 37.5 Å². The summed E-state index contributed by atoms with van der Waals surface area (Å²) in [6, 6.07) is 12.2. The second-order valence-corrected chi connectivity index (χ2v) is 9.48. The Kier molecular flexibility index (Phi) is 5.83. The molecule has 37 heavy (non-hydrogen) atoms. The molecule has 2 atom stereocenters. The summed E-state index contributed by atoms with van der Waals surface area (Å²) < 4.78 is 19.4. The third-order valence-electron chi connectivity index (χ3n) is 6.65. The Morgan fingerprint density at radius 3 is 2.70 bits per heavy atom. The first-order valence-corrected chi connectivity index (χ1v) is 11.5. The number of aliphatic hydroxyl groups is 1. The highest BCUT2D eigenvalue weighted by atomic mass is 19.1. The van der Waals surface area contributed by atoms with Crippen molar-refractivity contribution >= 4 is 22.7 Å². The van der Waals surface area contributed by atoms with Gasteiger partial charge in [-0.25, -0.2) is 19.3 Å². The molecule has 0 fully saturated rings. The van der Waals surface area contributed by atoms with Crippen LogP contribution in [0.2, 0.25) is 0 Å². The molecule has 188 valence electrons. The first-order valence-electron chi connectivity index (χ1n) is 11.5. The molecule has 0 radical (unpaired) electrons. The molecule has 0 saturated carbocycles. The highest BCUT2D eigenvalue weighted by Crippen LogP contribution is 2.45. The first-order chi connectivity index (χ1) is 17.6. The van der Waals surface area contributed by atoms with Crippen molar-refractivity contribution in [2.24, 2.45) is 5.73 Å². The lowest BCUT2D eigenvalue weighted by Crippen LogP contribution is -2.41. The zero-order valence-corrected chi connectivity index (χ0v) is 20.2. The third kappa shape index (κ3) is 4.36. The van der Waals surface area contributed by atoms with Gasteiger partial charge in [-0.1, -0.05) is 0 Å². The largest absolute Gasteiger partial charge is 0.489 e. The van der Waals surface area contributed by atoms with Crippen molar-refractivity contribution in [1.29, 1.82) is 0 Å². The standard InChI is InChI=1S/C27H24FN5O4/c1-26(25(29)35)13-37-23-19(26)10-21(33-22(23)15-3-6-18(28)7-4-15)27(2,36)12-31-24(34)16-5-8-20-17(9-16)11-30-14-32-20/h3-11,14,36H,12-13H2,1-2H3,(H2,29,35)(H,31,34)/t26-,27-/m0/s1. The van der Waals surface area contributed by atoms with Crippen LogP contribution in [0, 0.1) is 5.82 Å². The van der Waals surface area contributed by atoms with Crippen LogP contribution < -0.4 is 15.8 Å². The average Bonchev–Trinajstić information content (AvgIpc) is 3.25. The van der Waals surface area contributed by atoms with Gasteiger partial charge in [0.25, 0.3) is 5.91 Å². The highest BCUT2D eigenvalue weighted by molar-refractivity contribution is 5.97. The molecule has 0 spiro atoms. The quantitative estimate of drug-likeness (QED) is 0.369. The molecule has 2 aromatic heterocycles. The van der Waals surface area contributed by atoms with E-state index in [0.717, 1.165) is 0 Å². The van der Waals surface area contributed by atoms with E-state index >= 15 is 0 Å². The number of aromatic nitrogens is 3. The van der Waals surface area contributed by atoms with Gasteiger partial charge < -0.3 is 20.9 Å². The summed E-state index contributed by atoms with van der Waals surface area (Å²) in [7, 11) is 0. The van der Waals surface area contributed by atoms with Crippen molar-refractivity contribution in [3.8, 4) is 17.0 Å². The van der Waals surface area contributed by atoms with Crippen LogP contribution in [0.5, 0.6) is 5.75 Å². The van der Waals surface area contributed by atoms with E-state index in [-0.39, 0.29) is 18.8 Å². The third-order valence-corrected chi connectivity index (χ3v) is 6.65. The SMILES string of the molecule is C[C@](O)(CNC(=O)c1ccc2ncncc2c1)c1cc2c(c(-c3ccc(F)cc3)n1)OC[C@]2(C)C(N)=O. The number of fused-ring (bicyclic) bond motifs is 2. The molecular formula is C27H24FN5O4. The number of halogens is 1. The molecule has 0 bridgehead atoms. The monoisotopic (exact) mass is 501 g/mol. The number of primary amides is 1. The van der Waals surface area contributed by atoms with Crippen molar-refractivity contribution < 1.29 is 23.8 Å². The zero-order chi connectivity index (χ0) is 26.4. The smallest absolute Gasteiger partial charge is 0.251 e. The lowest BCUT2D eigenvalue weighted by atomic mass is 9.82. The van der Waals surface area contributed by atoms with Gasteiger partial charge in [0.15, 0.2) is 0 Å². The molecule has 1 aliphatic rings. The van der Waals surface area contributed by atoms with Crippen LogP contribution in [0.15, 0.2) is 61.1 Å². The van der Waals surface area contributed by atoms with Crippen LogP contribution in [-0.2, 0) is 15.8 Å². The lowest BCUT2D eigenvalue weighted by Gasteiger charge is -2.26. The van der Waals surface area contributed by atoms with Gasteiger partial charge in [0.05, 0.1) is 17.8 Å². The van der Waals surface area contributed by atoms with Crippen LogP contribution in [0.3, 0.4) is 0 Å². The second kappa shape index (κ2) is 8.90. The van der Waals surface area contributed by atoms with Crippen LogP contribution in [0.25, 0.3) is 22.2 Å². The van der Waals surface area contributed by atoms with Crippen molar-refractivity contribution in [2.75, 3.05) is 13.2 Å². The Morgan fingerprint density at radius 1 is 1.22 bits per heavy atom. The zero-order valence-electron chi connectivity index (χ0n) is 20.2. The van der Waals surface area contributed by atoms with Crippen LogP contribution in [-0.4, -0.2) is 45.0 Å². The number of hydrogen-bond acceptors (Lipinski definition) is 7. The summed E-state index contributed by atoms with van der Waals surface area (Å²) in [4.78, 5) is 37.9. The molecule has 1 aliphatic heterocycles. The number of rotatable bonds is 6. The molecule has 0 unspecified atom stereocenters. The number of ether oxygens (including phenoxy) is 1. The second-order valence-electron chi connectivity index (χ2n) is 9.48. The summed E-state index contributed by atoms with van der Waals surface area (Å²) in [5, 5.41) is 14.8. The van der Waals surface area contributed by atoms with E-state index in [9.17, 15) is 19.1 Å². The predicted molar refractivity (Wildman–Crippen MR) is 133 cm³/mol. The Balaban J connectivity index is 1.49. The maximum absolute atomic E-state index is 13.6. The van der Waals surface area contributed by atoms with E-state index < -0.39 is 28.6 Å². The molecule has 4 N–H and O–H groups in total. The fourth-order valence-electron chi connectivity index (χ4n) is 4.24. The molecule has 4 aromatic rings. The molecule has 2 amide bonds. The topological polar surface area (TPSA) is 140 Å². The van der Waals surface area contributed by atoms with Gasteiger partial charge in [0, 0.05) is 28.3 Å². The van der Waals surface area contributed by atoms with E-state index in [2.05, 4.69) is 20.3 Å². The summed E-state index contributed by atoms with van der Waals surface area (Å²) in [6.07, 6.45) is 3.04. The molecule has 3 heterocycles. The minimum Gasteiger partial charge on any atom is -0.489 e. The summed E-state index contributed by atoms with van der Waals surface area (Å²) in [5.74, 6) is -1.08. The minimum atomic E-state index is -1.64. The van der Waals surface area contributed by atoms with E-state index in [1.807, 2.05) is 0 Å². The number of hydrogen-bond donors (Lipinski definition) is 3. The van der Waals surface area contributed by atoms with Gasteiger partial charge in [0.1, 0.15) is 41.2 Å². The maximum atomic E-state index is 13.6. The van der Waals surface area contributed by atoms with Gasteiger partial charge in [-0.3, -0.25) is 9.59 Å². The van der Waals surface area contributed by atoms with Gasteiger partial charge in [-0.15, -0.1) is 0 Å². The predicted octanol–water partition coefficient (Wildman–Crippen LogP) is 2.60. The number of nitrogens with two attached hydrogens (primary N) is 1. The van der Waals surface area contributed by atoms with Crippen molar-refractivity contribution in [2.45, 2.75) is 24.9 Å². The maximum Gasteiger partial charge on any atom is 0.251 e. The number of nitrogens with one attached hydrogen (secondary N) is 1. The number of amides is 2. The van der Waals surface area contributed by atoms with Crippen molar-refractivity contribution in [3.63, 3.8) is 0 Å².